The van der Waals surface area contributed by atoms with Crippen LogP contribution in [0.25, 0.3) is 6.08 Å². The van der Waals surface area contributed by atoms with Gasteiger partial charge in [-0.25, -0.2) is 4.79 Å². The summed E-state index contributed by atoms with van der Waals surface area (Å²) in [7, 11) is 1.50. The predicted octanol–water partition coefficient (Wildman–Crippen LogP) is 4.22. The minimum Gasteiger partial charge on any atom is -0.496 e. The average molecular weight is 471 g/mol. The third kappa shape index (κ3) is 4.23. The van der Waals surface area contributed by atoms with Crippen molar-refractivity contribution in [2.75, 3.05) is 7.11 Å². The van der Waals surface area contributed by atoms with Crippen molar-refractivity contribution in [2.45, 2.75) is 71.4 Å². The number of methoxy groups -OCH3 is 1. The Morgan fingerprint density at radius 2 is 1.62 bits per heavy atom. The van der Waals surface area contributed by atoms with E-state index in [9.17, 15) is 14.4 Å². The van der Waals surface area contributed by atoms with Crippen LogP contribution >= 0.6 is 0 Å². The molecule has 0 aromatic carbocycles. The van der Waals surface area contributed by atoms with Gasteiger partial charge in [-0.3, -0.25) is 9.59 Å². The molecule has 184 valence electrons. The first-order valence-corrected chi connectivity index (χ1v) is 11.4. The molecule has 6 atom stereocenters. The highest BCUT2D eigenvalue weighted by molar-refractivity contribution is 5.87. The molecule has 3 rings (SSSR count). The normalized spacial score (nSPS) is 35.5. The lowest BCUT2D eigenvalue weighted by Gasteiger charge is -2.53. The standard InChI is InChI=1S/C27H34O7/c1-16-20(32-22(30)15-21(16)31-8)13-11-9-10-12-14-25(5)23(17(2)28)27(7)24(18(3)29)26(6,34-25)19(4)33-27/h9-15,19,23-24H,1-8H3/b10-9+,13-11+,14-12+/t19-,23+,24-,25+,26+,27+/m1/s1. The maximum absolute atomic E-state index is 12.8. The van der Waals surface area contributed by atoms with Gasteiger partial charge in [-0.2, -0.15) is 0 Å². The van der Waals surface area contributed by atoms with Crippen LogP contribution in [0.3, 0.4) is 0 Å². The van der Waals surface area contributed by atoms with E-state index in [0.29, 0.717) is 11.5 Å². The van der Waals surface area contributed by atoms with Gasteiger partial charge in [-0.15, -0.1) is 0 Å². The summed E-state index contributed by atoms with van der Waals surface area (Å²) in [4.78, 5) is 37.1. The van der Waals surface area contributed by atoms with Gasteiger partial charge in [0.25, 0.3) is 0 Å². The van der Waals surface area contributed by atoms with Crippen molar-refractivity contribution in [1.29, 1.82) is 0 Å². The van der Waals surface area contributed by atoms with Gasteiger partial charge < -0.3 is 18.6 Å². The summed E-state index contributed by atoms with van der Waals surface area (Å²) in [6, 6.07) is 1.30. The Bertz CT molecular complexity index is 1130. The maximum atomic E-state index is 12.8. The molecule has 0 spiro atoms. The number of carbonyl (C=O) groups is 2. The highest BCUT2D eigenvalue weighted by atomic mass is 16.6. The first-order valence-electron chi connectivity index (χ1n) is 11.4. The van der Waals surface area contributed by atoms with Gasteiger partial charge in [-0.1, -0.05) is 30.4 Å². The van der Waals surface area contributed by atoms with Crippen molar-refractivity contribution in [3.63, 3.8) is 0 Å². The lowest BCUT2D eigenvalue weighted by Crippen LogP contribution is -2.66. The lowest BCUT2D eigenvalue weighted by atomic mass is 9.61. The van der Waals surface area contributed by atoms with E-state index in [4.69, 9.17) is 18.6 Å². The fourth-order valence-electron chi connectivity index (χ4n) is 6.03. The summed E-state index contributed by atoms with van der Waals surface area (Å²) in [5.74, 6) is -0.448. The molecular weight excluding hydrogens is 436 g/mol. The van der Waals surface area contributed by atoms with Crippen LogP contribution in [0.2, 0.25) is 0 Å². The third-order valence-electron chi connectivity index (χ3n) is 7.21. The minimum atomic E-state index is -0.964. The van der Waals surface area contributed by atoms with Crippen LogP contribution in [-0.4, -0.2) is 41.6 Å². The van der Waals surface area contributed by atoms with E-state index in [1.165, 1.54) is 27.0 Å². The molecule has 1 aromatic rings. The molecular formula is C27H34O7. The monoisotopic (exact) mass is 470 g/mol. The Hall–Kier alpha value is -2.77. The fraction of sp³-hybridized carbons (Fsp3) is 0.519. The van der Waals surface area contributed by atoms with E-state index in [-0.39, 0.29) is 17.7 Å². The van der Waals surface area contributed by atoms with Crippen molar-refractivity contribution < 1.29 is 28.2 Å². The molecule has 0 aliphatic carbocycles. The van der Waals surface area contributed by atoms with Crippen LogP contribution in [-0.2, 0) is 19.1 Å². The van der Waals surface area contributed by atoms with Gasteiger partial charge in [-0.05, 0) is 54.5 Å². The van der Waals surface area contributed by atoms with Crippen LogP contribution in [0, 0.1) is 18.8 Å². The van der Waals surface area contributed by atoms with Crippen molar-refractivity contribution in [3.05, 3.63) is 58.2 Å². The van der Waals surface area contributed by atoms with Gasteiger partial charge in [0.15, 0.2) is 0 Å². The van der Waals surface area contributed by atoms with Crippen molar-refractivity contribution in [2.24, 2.45) is 11.8 Å². The number of fused-ring (bicyclic) bond motifs is 2. The molecule has 3 heterocycles. The van der Waals surface area contributed by atoms with Gasteiger partial charge in [0.2, 0.25) is 0 Å². The van der Waals surface area contributed by atoms with Crippen molar-refractivity contribution >= 4 is 17.6 Å². The molecule has 2 bridgehead atoms. The zero-order valence-corrected chi connectivity index (χ0v) is 21.1. The molecule has 7 heteroatoms. The van der Waals surface area contributed by atoms with Gasteiger partial charge >= 0.3 is 5.63 Å². The van der Waals surface area contributed by atoms with E-state index >= 15 is 0 Å². The summed E-state index contributed by atoms with van der Waals surface area (Å²) in [5, 5.41) is 0. The molecule has 2 aliphatic heterocycles. The van der Waals surface area contributed by atoms with Crippen LogP contribution in [0.5, 0.6) is 5.75 Å². The Morgan fingerprint density at radius 1 is 1.00 bits per heavy atom. The number of allylic oxidation sites excluding steroid dienone is 4. The zero-order chi connectivity index (χ0) is 25.5. The van der Waals surface area contributed by atoms with Crippen LogP contribution in [0.1, 0.15) is 52.9 Å². The summed E-state index contributed by atoms with van der Waals surface area (Å²) in [6.45, 7) is 12.3. The molecule has 1 aromatic heterocycles. The van der Waals surface area contributed by atoms with E-state index in [2.05, 4.69) is 0 Å². The highest BCUT2D eigenvalue weighted by Gasteiger charge is 2.72. The zero-order valence-electron chi connectivity index (χ0n) is 21.1. The van der Waals surface area contributed by atoms with Crippen LogP contribution < -0.4 is 10.4 Å². The number of carbonyl (C=O) groups excluding carboxylic acids is 2. The molecule has 0 N–H and O–H groups in total. The molecule has 34 heavy (non-hydrogen) atoms. The number of rotatable bonds is 7. The molecule has 0 saturated carbocycles. The molecule has 7 nitrogen and oxygen atoms in total. The highest BCUT2D eigenvalue weighted by Crippen LogP contribution is 2.59. The second-order valence-electron chi connectivity index (χ2n) is 9.73. The van der Waals surface area contributed by atoms with Crippen LogP contribution in [0.4, 0.5) is 0 Å². The summed E-state index contributed by atoms with van der Waals surface area (Å²) in [6.07, 6.45) is 10.3. The average Bonchev–Trinajstić information content (AvgIpc) is 2.86. The van der Waals surface area contributed by atoms with Crippen molar-refractivity contribution in [1.82, 2.24) is 0 Å². The Labute approximate surface area is 200 Å². The number of ketones is 2. The third-order valence-corrected chi connectivity index (χ3v) is 7.21. The number of hydrogen-bond donors (Lipinski definition) is 0. The molecule has 0 amide bonds. The largest absolute Gasteiger partial charge is 0.496 e. The van der Waals surface area contributed by atoms with Gasteiger partial charge in [0.05, 0.1) is 42.3 Å². The fourth-order valence-corrected chi connectivity index (χ4v) is 6.03. The van der Waals surface area contributed by atoms with Gasteiger partial charge in [0, 0.05) is 5.56 Å². The summed E-state index contributed by atoms with van der Waals surface area (Å²) in [5.41, 5.74) is -2.54. The Balaban J connectivity index is 1.87. The number of hydrogen-bond acceptors (Lipinski definition) is 7. The summed E-state index contributed by atoms with van der Waals surface area (Å²) >= 11 is 0. The van der Waals surface area contributed by atoms with Crippen molar-refractivity contribution in [3.8, 4) is 5.75 Å². The van der Waals surface area contributed by atoms with E-state index < -0.39 is 34.3 Å². The second-order valence-corrected chi connectivity index (χ2v) is 9.73. The number of Topliss-reactive ketones (excluding diaryl/α,β-unsaturated/α-hetero) is 2. The topological polar surface area (TPSA) is 92.0 Å². The smallest absolute Gasteiger partial charge is 0.339 e. The lowest BCUT2D eigenvalue weighted by molar-refractivity contribution is -0.213. The molecule has 2 fully saturated rings. The van der Waals surface area contributed by atoms with Crippen LogP contribution in [0.15, 0.2) is 45.7 Å². The van der Waals surface area contributed by atoms with E-state index in [1.54, 1.807) is 37.3 Å². The van der Waals surface area contributed by atoms with E-state index in [0.717, 1.165) is 5.56 Å². The molecule has 0 radical (unpaired) electrons. The number of ether oxygens (including phenoxy) is 3. The predicted molar refractivity (Wildman–Crippen MR) is 129 cm³/mol. The van der Waals surface area contributed by atoms with Gasteiger partial charge in [0.1, 0.15) is 28.7 Å². The summed E-state index contributed by atoms with van der Waals surface area (Å²) < 4.78 is 23.2. The van der Waals surface area contributed by atoms with E-state index in [1.807, 2.05) is 33.8 Å². The maximum Gasteiger partial charge on any atom is 0.339 e. The first-order chi connectivity index (χ1) is 15.8. The molecule has 0 unspecified atom stereocenters. The Kier molecular flexibility index (Phi) is 6.93. The SMILES string of the molecule is COc1cc(=O)oc(/C=C/C=C/C=C/[C@]2(C)O[C@]3(C)[C@@H](C(C)=O)[C@@](C)(O[C@@H]3C)[C@H]2C(C)=O)c1C. The second kappa shape index (κ2) is 9.12. The first kappa shape index (κ1) is 25.8. The molecule has 2 aliphatic rings. The Morgan fingerprint density at radius 3 is 2.21 bits per heavy atom. The minimum absolute atomic E-state index is 0.0452. The quantitative estimate of drug-likeness (QED) is 0.551. The molecule has 2 saturated heterocycles.